The van der Waals surface area contributed by atoms with E-state index < -0.39 is 0 Å². The molecule has 16 heavy (non-hydrogen) atoms. The van der Waals surface area contributed by atoms with Crippen LogP contribution in [0.3, 0.4) is 0 Å². The van der Waals surface area contributed by atoms with E-state index in [0.717, 1.165) is 16.7 Å². The third kappa shape index (κ3) is 1.22. The van der Waals surface area contributed by atoms with Gasteiger partial charge in [0.25, 0.3) is 0 Å². The molecule has 1 aliphatic carbocycles. The summed E-state index contributed by atoms with van der Waals surface area (Å²) in [5.74, 6) is 0.0177. The van der Waals surface area contributed by atoms with Crippen molar-refractivity contribution < 1.29 is 4.79 Å². The van der Waals surface area contributed by atoms with Gasteiger partial charge < -0.3 is 0 Å². The predicted molar refractivity (Wildman–Crippen MR) is 65.3 cm³/mol. The van der Waals surface area contributed by atoms with E-state index in [9.17, 15) is 4.79 Å². The van der Waals surface area contributed by atoms with E-state index in [1.165, 1.54) is 0 Å². The first-order chi connectivity index (χ1) is 7.68. The fourth-order valence-corrected chi connectivity index (χ4v) is 2.35. The molecule has 0 atom stereocenters. The van der Waals surface area contributed by atoms with E-state index >= 15 is 0 Å². The highest BCUT2D eigenvalue weighted by Gasteiger charge is 2.26. The van der Waals surface area contributed by atoms with Crippen molar-refractivity contribution in [3.05, 3.63) is 57.6 Å². The Labute approximate surface area is 103 Å². The van der Waals surface area contributed by atoms with Crippen LogP contribution in [-0.4, -0.2) is 5.78 Å². The summed E-state index contributed by atoms with van der Waals surface area (Å²) in [6.45, 7) is 0. The molecule has 0 radical (unpaired) electrons. The molecule has 1 aliphatic rings. The van der Waals surface area contributed by atoms with Crippen LogP contribution < -0.4 is 0 Å². The van der Waals surface area contributed by atoms with Crippen LogP contribution in [0, 0.1) is 0 Å². The van der Waals surface area contributed by atoms with E-state index in [1.54, 1.807) is 12.1 Å². The summed E-state index contributed by atoms with van der Waals surface area (Å²) in [6.07, 6.45) is 0. The maximum Gasteiger partial charge on any atom is 0.194 e. The third-order valence-corrected chi connectivity index (χ3v) is 3.49. The van der Waals surface area contributed by atoms with Crippen molar-refractivity contribution in [3.63, 3.8) is 0 Å². The van der Waals surface area contributed by atoms with Crippen molar-refractivity contribution in [1.29, 1.82) is 0 Å². The SMILES string of the molecule is O=C1c2ccccc2-c2cc(Cl)c(Cl)cc21. The average Bonchev–Trinajstić information content (AvgIpc) is 2.55. The maximum absolute atomic E-state index is 12.0. The summed E-state index contributed by atoms with van der Waals surface area (Å²) >= 11 is 11.9. The average molecular weight is 249 g/mol. The van der Waals surface area contributed by atoms with Crippen molar-refractivity contribution in [2.75, 3.05) is 0 Å². The van der Waals surface area contributed by atoms with Crippen molar-refractivity contribution in [2.24, 2.45) is 0 Å². The fraction of sp³-hybridized carbons (Fsp3) is 0. The number of rotatable bonds is 0. The molecule has 3 heteroatoms. The zero-order valence-corrected chi connectivity index (χ0v) is 9.64. The molecule has 0 N–H and O–H groups in total. The molecule has 2 aromatic carbocycles. The van der Waals surface area contributed by atoms with Crippen LogP contribution in [0.15, 0.2) is 36.4 Å². The van der Waals surface area contributed by atoms with Crippen LogP contribution in [0.2, 0.25) is 10.0 Å². The largest absolute Gasteiger partial charge is 0.289 e. The second-order valence-electron chi connectivity index (χ2n) is 3.69. The molecule has 1 nitrogen and oxygen atoms in total. The quantitative estimate of drug-likeness (QED) is 0.583. The summed E-state index contributed by atoms with van der Waals surface area (Å²) < 4.78 is 0. The van der Waals surface area contributed by atoms with Gasteiger partial charge in [0.2, 0.25) is 0 Å². The Hall–Kier alpha value is -1.31. The molecule has 0 aromatic heterocycles. The number of ketones is 1. The Kier molecular flexibility index (Phi) is 2.06. The van der Waals surface area contributed by atoms with Gasteiger partial charge in [0.15, 0.2) is 5.78 Å². The van der Waals surface area contributed by atoms with Crippen LogP contribution in [0.5, 0.6) is 0 Å². The third-order valence-electron chi connectivity index (χ3n) is 2.77. The smallest absolute Gasteiger partial charge is 0.194 e. The van der Waals surface area contributed by atoms with Crippen molar-refractivity contribution >= 4 is 29.0 Å². The van der Waals surface area contributed by atoms with Crippen LogP contribution in [0.25, 0.3) is 11.1 Å². The molecule has 0 amide bonds. The summed E-state index contributed by atoms with van der Waals surface area (Å²) in [6, 6.07) is 10.9. The van der Waals surface area contributed by atoms with E-state index in [2.05, 4.69) is 0 Å². The highest BCUT2D eigenvalue weighted by Crippen LogP contribution is 2.40. The molecule has 0 heterocycles. The maximum atomic E-state index is 12.0. The molecule has 0 aliphatic heterocycles. The lowest BCUT2D eigenvalue weighted by Crippen LogP contribution is -1.94. The molecule has 3 rings (SSSR count). The summed E-state index contributed by atoms with van der Waals surface area (Å²) in [7, 11) is 0. The van der Waals surface area contributed by atoms with Gasteiger partial charge in [-0.1, -0.05) is 47.5 Å². The number of fused-ring (bicyclic) bond motifs is 3. The van der Waals surface area contributed by atoms with Crippen LogP contribution in [0.4, 0.5) is 0 Å². The number of carbonyl (C=O) groups is 1. The zero-order chi connectivity index (χ0) is 11.3. The van der Waals surface area contributed by atoms with Gasteiger partial charge in [-0.15, -0.1) is 0 Å². The highest BCUT2D eigenvalue weighted by atomic mass is 35.5. The van der Waals surface area contributed by atoms with Gasteiger partial charge in [0.05, 0.1) is 10.0 Å². The lowest BCUT2D eigenvalue weighted by Gasteiger charge is -2.01. The molecule has 0 saturated heterocycles. The summed E-state index contributed by atoms with van der Waals surface area (Å²) in [5.41, 5.74) is 3.16. The Bertz CT molecular complexity index is 617. The van der Waals surface area contributed by atoms with Gasteiger partial charge in [-0.05, 0) is 23.3 Å². The van der Waals surface area contributed by atoms with Crippen LogP contribution in [-0.2, 0) is 0 Å². The minimum absolute atomic E-state index is 0.0177. The summed E-state index contributed by atoms with van der Waals surface area (Å²) in [5, 5.41) is 0.895. The topological polar surface area (TPSA) is 17.1 Å². The predicted octanol–water partition coefficient (Wildman–Crippen LogP) is 4.20. The Balaban J connectivity index is 2.38. The lowest BCUT2D eigenvalue weighted by molar-refractivity contribution is 0.104. The molecule has 2 aromatic rings. The molecule has 0 saturated carbocycles. The van der Waals surface area contributed by atoms with Gasteiger partial charge in [0, 0.05) is 11.1 Å². The standard InChI is InChI=1S/C13H6Cl2O/c14-11-5-9-7-3-1-2-4-8(7)13(16)10(9)6-12(11)15/h1-6H. The van der Waals surface area contributed by atoms with E-state index in [-0.39, 0.29) is 5.78 Å². The molecule has 0 fully saturated rings. The normalized spacial score (nSPS) is 12.5. The molecular weight excluding hydrogens is 243 g/mol. The van der Waals surface area contributed by atoms with E-state index in [4.69, 9.17) is 23.2 Å². The monoisotopic (exact) mass is 248 g/mol. The number of halogens is 2. The lowest BCUT2D eigenvalue weighted by atomic mass is 10.1. The summed E-state index contributed by atoms with van der Waals surface area (Å²) in [4.78, 5) is 12.0. The number of carbonyl (C=O) groups excluding carboxylic acids is 1. The van der Waals surface area contributed by atoms with Gasteiger partial charge in [-0.2, -0.15) is 0 Å². The minimum atomic E-state index is 0.0177. The van der Waals surface area contributed by atoms with Crippen molar-refractivity contribution in [2.45, 2.75) is 0 Å². The minimum Gasteiger partial charge on any atom is -0.289 e. The molecule has 78 valence electrons. The van der Waals surface area contributed by atoms with Gasteiger partial charge in [-0.25, -0.2) is 0 Å². The van der Waals surface area contributed by atoms with Crippen molar-refractivity contribution in [3.8, 4) is 11.1 Å². The van der Waals surface area contributed by atoms with Crippen molar-refractivity contribution in [1.82, 2.24) is 0 Å². The second kappa shape index (κ2) is 3.34. The van der Waals surface area contributed by atoms with Crippen LogP contribution >= 0.6 is 23.2 Å². The first kappa shape index (κ1) is 9.88. The number of benzene rings is 2. The number of hydrogen-bond acceptors (Lipinski definition) is 1. The first-order valence-corrected chi connectivity index (χ1v) is 5.57. The molecular formula is C13H6Cl2O. The van der Waals surface area contributed by atoms with Gasteiger partial charge in [-0.3, -0.25) is 4.79 Å². The number of hydrogen-bond donors (Lipinski definition) is 0. The van der Waals surface area contributed by atoms with Gasteiger partial charge >= 0.3 is 0 Å². The van der Waals surface area contributed by atoms with E-state index in [1.807, 2.05) is 24.3 Å². The van der Waals surface area contributed by atoms with E-state index in [0.29, 0.717) is 15.6 Å². The van der Waals surface area contributed by atoms with Gasteiger partial charge in [0.1, 0.15) is 0 Å². The molecule has 0 spiro atoms. The van der Waals surface area contributed by atoms with Crippen LogP contribution in [0.1, 0.15) is 15.9 Å². The molecule has 0 unspecified atom stereocenters. The Morgan fingerprint density at radius 1 is 0.750 bits per heavy atom. The highest BCUT2D eigenvalue weighted by molar-refractivity contribution is 6.43. The first-order valence-electron chi connectivity index (χ1n) is 4.81. The zero-order valence-electron chi connectivity index (χ0n) is 8.13. The Morgan fingerprint density at radius 2 is 1.31 bits per heavy atom. The second-order valence-corrected chi connectivity index (χ2v) is 4.50. The molecule has 0 bridgehead atoms. The Morgan fingerprint density at radius 3 is 2.00 bits per heavy atom. The fourth-order valence-electron chi connectivity index (χ4n) is 2.02.